The van der Waals surface area contributed by atoms with Crippen LogP contribution in [-0.4, -0.2) is 89.1 Å². The number of piperidine rings is 2. The first kappa shape index (κ1) is 30.6. The van der Waals surface area contributed by atoms with Crippen LogP contribution < -0.4 is 14.8 Å². The summed E-state index contributed by atoms with van der Waals surface area (Å²) in [6.45, 7) is 2.34. The Bertz CT molecular complexity index is 1520. The number of ether oxygens (including phenoxy) is 2. The first-order valence-corrected chi connectivity index (χ1v) is 16.0. The Hall–Kier alpha value is -4.41. The van der Waals surface area contributed by atoms with Crippen molar-refractivity contribution in [1.82, 2.24) is 30.3 Å². The van der Waals surface area contributed by atoms with Crippen LogP contribution in [0.4, 0.5) is 0 Å². The maximum atomic E-state index is 13.9. The van der Waals surface area contributed by atoms with Gasteiger partial charge < -0.3 is 24.6 Å². The lowest BCUT2D eigenvalue weighted by Gasteiger charge is -2.51. The zero-order valence-electron chi connectivity index (χ0n) is 26.1. The highest BCUT2D eigenvalue weighted by atomic mass is 16.5. The van der Waals surface area contributed by atoms with Gasteiger partial charge in [0.25, 0.3) is 5.91 Å². The average molecular weight is 615 g/mol. The van der Waals surface area contributed by atoms with Crippen molar-refractivity contribution in [2.75, 3.05) is 40.4 Å². The number of hydrogen-bond donors (Lipinski definition) is 2. The highest BCUT2D eigenvalue weighted by Gasteiger charge is 2.43. The predicted octanol–water partition coefficient (Wildman–Crippen LogP) is 3.64. The molecule has 6 rings (SSSR count). The fourth-order valence-electron chi connectivity index (χ4n) is 7.32. The quantitative estimate of drug-likeness (QED) is 0.459. The fraction of sp³-hybridized carbons (Fsp3) is 0.500. The fourth-order valence-corrected chi connectivity index (χ4v) is 7.32. The van der Waals surface area contributed by atoms with Gasteiger partial charge in [0.2, 0.25) is 11.8 Å². The Kier molecular flexibility index (Phi) is 9.32. The highest BCUT2D eigenvalue weighted by Crippen LogP contribution is 2.37. The molecule has 5 heterocycles. The van der Waals surface area contributed by atoms with Gasteiger partial charge in [0.1, 0.15) is 11.4 Å². The standard InChI is InChI=1S/C34H42N6O5/c1-44-30-17-22-11-12-32(42)40-20-23-16-25(29(40)9-5-10-31(41)36-14-6-7-24(15-22)33(30)45-2)21-39(19-23)34(43)28-18-27(37-38-28)26-8-3-4-13-35-26/h3-4,8,13,15,17-18,23,25,29H,5-7,9-12,14,16,19-21H2,1-2H3,(H,36,41)(H,37,38)/t23-,25+,29-/m0/s1. The van der Waals surface area contributed by atoms with Crippen LogP contribution in [0.15, 0.2) is 42.6 Å². The average Bonchev–Trinajstić information content (AvgIpc) is 3.56. The molecule has 2 aromatic heterocycles. The normalized spacial score (nSPS) is 22.8. The van der Waals surface area contributed by atoms with Crippen LogP contribution in [0.3, 0.4) is 0 Å². The van der Waals surface area contributed by atoms with Crippen molar-refractivity contribution in [2.24, 2.45) is 11.8 Å². The van der Waals surface area contributed by atoms with Gasteiger partial charge in [0, 0.05) is 51.3 Å². The van der Waals surface area contributed by atoms with Gasteiger partial charge >= 0.3 is 0 Å². The van der Waals surface area contributed by atoms with Gasteiger partial charge in [-0.25, -0.2) is 0 Å². The van der Waals surface area contributed by atoms with Gasteiger partial charge in [-0.15, -0.1) is 0 Å². The van der Waals surface area contributed by atoms with E-state index >= 15 is 0 Å². The second kappa shape index (κ2) is 13.7. The molecule has 0 aliphatic carbocycles. The molecule has 0 saturated carbocycles. The molecular formula is C34H42N6O5. The van der Waals surface area contributed by atoms with Gasteiger partial charge in [0.15, 0.2) is 11.5 Å². The number of aryl methyl sites for hydroxylation is 2. The summed E-state index contributed by atoms with van der Waals surface area (Å²) in [7, 11) is 3.26. The number of rotatable bonds is 4. The number of carbonyl (C=O) groups is 3. The van der Waals surface area contributed by atoms with Crippen LogP contribution in [0.1, 0.15) is 60.1 Å². The molecule has 2 fully saturated rings. The zero-order valence-corrected chi connectivity index (χ0v) is 26.1. The van der Waals surface area contributed by atoms with Crippen molar-refractivity contribution in [2.45, 2.75) is 57.4 Å². The molecule has 238 valence electrons. The lowest BCUT2D eigenvalue weighted by Crippen LogP contribution is -2.60. The number of benzene rings is 1. The number of amides is 3. The number of fused-ring (bicyclic) bond motifs is 6. The first-order valence-electron chi connectivity index (χ1n) is 16.0. The molecule has 3 amide bonds. The zero-order chi connectivity index (χ0) is 31.3. The monoisotopic (exact) mass is 614 g/mol. The summed E-state index contributed by atoms with van der Waals surface area (Å²) in [5.74, 6) is 1.74. The topological polar surface area (TPSA) is 130 Å². The summed E-state index contributed by atoms with van der Waals surface area (Å²) in [4.78, 5) is 48.5. The van der Waals surface area contributed by atoms with Crippen LogP contribution >= 0.6 is 0 Å². The number of likely N-dealkylation sites (tertiary alicyclic amines) is 1. The number of methoxy groups -OCH3 is 2. The second-order valence-electron chi connectivity index (χ2n) is 12.4. The summed E-state index contributed by atoms with van der Waals surface area (Å²) < 4.78 is 11.3. The van der Waals surface area contributed by atoms with Gasteiger partial charge in [-0.3, -0.25) is 24.5 Å². The molecule has 11 heteroatoms. The Balaban J connectivity index is 1.20. The van der Waals surface area contributed by atoms with E-state index in [1.54, 1.807) is 26.5 Å². The molecule has 3 aliphatic heterocycles. The number of aromatic amines is 1. The number of H-pyrrole nitrogens is 1. The number of carbonyl (C=O) groups excluding carboxylic acids is 3. The minimum Gasteiger partial charge on any atom is -0.493 e. The maximum absolute atomic E-state index is 13.9. The van der Waals surface area contributed by atoms with Crippen LogP contribution in [0.5, 0.6) is 11.5 Å². The predicted molar refractivity (Wildman–Crippen MR) is 168 cm³/mol. The minimum absolute atomic E-state index is 0.0235. The van der Waals surface area contributed by atoms with Gasteiger partial charge in [-0.2, -0.15) is 5.10 Å². The Labute approximate surface area is 263 Å². The van der Waals surface area contributed by atoms with E-state index in [4.69, 9.17) is 9.47 Å². The van der Waals surface area contributed by atoms with E-state index in [-0.39, 0.29) is 35.6 Å². The summed E-state index contributed by atoms with van der Waals surface area (Å²) >= 11 is 0. The van der Waals surface area contributed by atoms with E-state index in [0.29, 0.717) is 80.4 Å². The second-order valence-corrected chi connectivity index (χ2v) is 12.4. The van der Waals surface area contributed by atoms with Crippen molar-refractivity contribution in [1.29, 1.82) is 0 Å². The third-order valence-corrected chi connectivity index (χ3v) is 9.40. The van der Waals surface area contributed by atoms with Crippen LogP contribution in [0.2, 0.25) is 0 Å². The van der Waals surface area contributed by atoms with Crippen LogP contribution in [0.25, 0.3) is 11.4 Å². The van der Waals surface area contributed by atoms with E-state index in [0.717, 1.165) is 36.8 Å². The van der Waals surface area contributed by atoms with Crippen molar-refractivity contribution in [3.8, 4) is 22.9 Å². The molecule has 3 atom stereocenters. The third kappa shape index (κ3) is 6.82. The molecule has 2 N–H and O–H groups in total. The lowest BCUT2D eigenvalue weighted by atomic mass is 9.77. The number of hydrogen-bond acceptors (Lipinski definition) is 7. The molecule has 3 aromatic rings. The number of nitrogens with one attached hydrogen (secondary N) is 2. The van der Waals surface area contributed by atoms with Crippen molar-refractivity contribution < 1.29 is 23.9 Å². The molecular weight excluding hydrogens is 572 g/mol. The SMILES string of the molecule is COc1cc2cc(c1OC)CCCNC(=O)CCC[C@H]1[C@@H]3C[C@@H](CN(C(=O)c4cc(-c5ccccn5)n[nH]4)C3)CN1C(=O)CC2. The molecule has 0 spiro atoms. The molecule has 3 aliphatic rings. The van der Waals surface area contributed by atoms with Gasteiger partial charge in [0.05, 0.1) is 19.9 Å². The molecule has 0 unspecified atom stereocenters. The number of nitrogens with zero attached hydrogens (tertiary/aromatic N) is 4. The summed E-state index contributed by atoms with van der Waals surface area (Å²) in [5, 5.41) is 10.3. The largest absolute Gasteiger partial charge is 0.493 e. The van der Waals surface area contributed by atoms with Gasteiger partial charge in [-0.1, -0.05) is 12.1 Å². The van der Waals surface area contributed by atoms with E-state index < -0.39 is 0 Å². The summed E-state index contributed by atoms with van der Waals surface area (Å²) in [6, 6.07) is 11.4. The molecule has 45 heavy (non-hydrogen) atoms. The maximum Gasteiger partial charge on any atom is 0.271 e. The van der Waals surface area contributed by atoms with Crippen LogP contribution in [0, 0.1) is 11.8 Å². The van der Waals surface area contributed by atoms with Crippen molar-refractivity contribution >= 4 is 17.7 Å². The Morgan fingerprint density at radius 3 is 2.64 bits per heavy atom. The van der Waals surface area contributed by atoms with Crippen molar-refractivity contribution in [3.63, 3.8) is 0 Å². The third-order valence-electron chi connectivity index (χ3n) is 9.40. The Morgan fingerprint density at radius 1 is 0.956 bits per heavy atom. The number of aromatic nitrogens is 3. The molecule has 11 nitrogen and oxygen atoms in total. The highest BCUT2D eigenvalue weighted by molar-refractivity contribution is 5.93. The smallest absolute Gasteiger partial charge is 0.271 e. The molecule has 2 saturated heterocycles. The summed E-state index contributed by atoms with van der Waals surface area (Å²) in [5.41, 5.74) is 3.82. The van der Waals surface area contributed by atoms with E-state index in [2.05, 4.69) is 31.5 Å². The molecule has 1 aromatic carbocycles. The van der Waals surface area contributed by atoms with Gasteiger partial charge in [-0.05, 0) is 85.8 Å². The Morgan fingerprint density at radius 2 is 1.84 bits per heavy atom. The van der Waals surface area contributed by atoms with Crippen LogP contribution in [-0.2, 0) is 22.4 Å². The summed E-state index contributed by atoms with van der Waals surface area (Å²) in [6.07, 6.45) is 6.99. The minimum atomic E-state index is -0.0870. The van der Waals surface area contributed by atoms with E-state index in [9.17, 15) is 14.4 Å². The first-order chi connectivity index (χ1) is 21.9. The molecule has 4 bridgehead atoms. The van der Waals surface area contributed by atoms with E-state index in [1.807, 2.05) is 29.2 Å². The number of pyridine rings is 1. The molecule has 0 radical (unpaired) electrons. The van der Waals surface area contributed by atoms with E-state index in [1.165, 1.54) is 0 Å². The van der Waals surface area contributed by atoms with Crippen molar-refractivity contribution in [3.05, 3.63) is 59.4 Å². The lowest BCUT2D eigenvalue weighted by molar-refractivity contribution is -0.140.